The topological polar surface area (TPSA) is 69.6 Å². The van der Waals surface area contributed by atoms with Crippen LogP contribution in [0.4, 0.5) is 0 Å². The molecule has 0 aliphatic rings. The van der Waals surface area contributed by atoms with E-state index >= 15 is 0 Å². The molecular formula is C10H21NO3. The van der Waals surface area contributed by atoms with E-state index in [1.54, 1.807) is 27.7 Å². The van der Waals surface area contributed by atoms with Crippen LogP contribution in [0, 0.1) is 0 Å². The number of hydrogen-bond donors (Lipinski definition) is 3. The second-order valence-electron chi connectivity index (χ2n) is 4.56. The van der Waals surface area contributed by atoms with E-state index in [0.717, 1.165) is 0 Å². The summed E-state index contributed by atoms with van der Waals surface area (Å²) in [7, 11) is 0. The van der Waals surface area contributed by atoms with Gasteiger partial charge in [0, 0.05) is 13.0 Å². The first-order chi connectivity index (χ1) is 6.20. The van der Waals surface area contributed by atoms with Gasteiger partial charge in [0.2, 0.25) is 5.91 Å². The molecule has 0 unspecified atom stereocenters. The summed E-state index contributed by atoms with van der Waals surface area (Å²) >= 11 is 0. The van der Waals surface area contributed by atoms with E-state index in [2.05, 4.69) is 5.32 Å². The van der Waals surface area contributed by atoms with Crippen molar-refractivity contribution in [3.63, 3.8) is 0 Å². The van der Waals surface area contributed by atoms with Gasteiger partial charge >= 0.3 is 0 Å². The maximum absolute atomic E-state index is 11.3. The number of carbonyl (C=O) groups is 1. The van der Waals surface area contributed by atoms with E-state index in [-0.39, 0.29) is 18.9 Å². The van der Waals surface area contributed by atoms with E-state index < -0.39 is 11.1 Å². The fourth-order valence-corrected chi connectivity index (χ4v) is 0.804. The van der Waals surface area contributed by atoms with Gasteiger partial charge < -0.3 is 15.5 Å². The van der Waals surface area contributed by atoms with Crippen molar-refractivity contribution in [3.05, 3.63) is 0 Å². The molecule has 0 aromatic carbocycles. The first-order valence-corrected chi connectivity index (χ1v) is 4.85. The largest absolute Gasteiger partial charge is 0.396 e. The molecule has 3 N–H and O–H groups in total. The molecule has 0 aliphatic heterocycles. The quantitative estimate of drug-likeness (QED) is 0.606. The minimum atomic E-state index is -0.970. The molecular weight excluding hydrogens is 182 g/mol. The second kappa shape index (κ2) is 4.75. The van der Waals surface area contributed by atoms with Gasteiger partial charge in [-0.25, -0.2) is 0 Å². The van der Waals surface area contributed by atoms with Crippen molar-refractivity contribution in [1.82, 2.24) is 5.32 Å². The minimum Gasteiger partial charge on any atom is -0.396 e. The van der Waals surface area contributed by atoms with Gasteiger partial charge in [-0.2, -0.15) is 0 Å². The van der Waals surface area contributed by atoms with Crippen LogP contribution in [0.15, 0.2) is 0 Å². The van der Waals surface area contributed by atoms with Crippen molar-refractivity contribution in [2.45, 2.75) is 51.7 Å². The summed E-state index contributed by atoms with van der Waals surface area (Å²) in [6.07, 6.45) is 0.740. The molecule has 0 aromatic heterocycles. The van der Waals surface area contributed by atoms with E-state index in [4.69, 9.17) is 5.11 Å². The summed E-state index contributed by atoms with van der Waals surface area (Å²) in [5, 5.41) is 21.0. The molecule has 84 valence electrons. The van der Waals surface area contributed by atoms with Crippen molar-refractivity contribution in [1.29, 1.82) is 0 Å². The van der Waals surface area contributed by atoms with E-state index in [0.29, 0.717) is 6.42 Å². The third kappa shape index (κ3) is 4.07. The molecule has 0 fully saturated rings. The monoisotopic (exact) mass is 203 g/mol. The lowest BCUT2D eigenvalue weighted by Crippen LogP contribution is -2.57. The molecule has 0 spiro atoms. The molecule has 0 rings (SSSR count). The number of amides is 1. The number of carbonyl (C=O) groups excluding carboxylic acids is 1. The van der Waals surface area contributed by atoms with Crippen molar-refractivity contribution in [2.24, 2.45) is 0 Å². The molecule has 4 heteroatoms. The molecule has 0 atom stereocenters. The number of rotatable bonds is 5. The van der Waals surface area contributed by atoms with Crippen molar-refractivity contribution < 1.29 is 15.0 Å². The Morgan fingerprint density at radius 2 is 1.79 bits per heavy atom. The van der Waals surface area contributed by atoms with Crippen LogP contribution in [0.3, 0.4) is 0 Å². The Bertz CT molecular complexity index is 194. The number of aliphatic hydroxyl groups excluding tert-OH is 1. The van der Waals surface area contributed by atoms with Crippen LogP contribution in [0.25, 0.3) is 0 Å². The van der Waals surface area contributed by atoms with E-state index in [1.165, 1.54) is 0 Å². The zero-order valence-corrected chi connectivity index (χ0v) is 9.42. The molecule has 14 heavy (non-hydrogen) atoms. The average molecular weight is 203 g/mol. The second-order valence-corrected chi connectivity index (χ2v) is 4.56. The molecule has 0 aliphatic carbocycles. The van der Waals surface area contributed by atoms with Crippen LogP contribution in [-0.4, -0.2) is 33.9 Å². The third-order valence-electron chi connectivity index (χ3n) is 2.54. The van der Waals surface area contributed by atoms with Gasteiger partial charge in [0.1, 0.15) is 0 Å². The summed E-state index contributed by atoms with van der Waals surface area (Å²) in [5.41, 5.74) is -1.64. The van der Waals surface area contributed by atoms with Gasteiger partial charge in [-0.3, -0.25) is 4.79 Å². The molecule has 0 radical (unpaired) electrons. The fraction of sp³-hybridized carbons (Fsp3) is 0.900. The highest BCUT2D eigenvalue weighted by molar-refractivity contribution is 5.76. The Labute approximate surface area is 85.3 Å². The number of aliphatic hydroxyl groups is 2. The van der Waals surface area contributed by atoms with E-state index in [9.17, 15) is 9.90 Å². The average Bonchev–Trinajstić information content (AvgIpc) is 1.97. The van der Waals surface area contributed by atoms with Crippen molar-refractivity contribution in [2.75, 3.05) is 6.61 Å². The Balaban J connectivity index is 4.16. The fourth-order valence-electron chi connectivity index (χ4n) is 0.804. The SMILES string of the molecule is CC(C)(O)C(C)(C)NC(=O)CCCO. The zero-order chi connectivity index (χ0) is 11.4. The normalized spacial score (nSPS) is 12.7. The lowest BCUT2D eigenvalue weighted by atomic mass is 9.86. The predicted octanol–water partition coefficient (Wildman–Crippen LogP) is 0.425. The predicted molar refractivity (Wildman–Crippen MR) is 54.8 cm³/mol. The maximum atomic E-state index is 11.3. The van der Waals surface area contributed by atoms with Crippen LogP contribution < -0.4 is 5.32 Å². The first-order valence-electron chi connectivity index (χ1n) is 4.85. The molecule has 0 aromatic rings. The molecule has 0 saturated heterocycles. The Hall–Kier alpha value is -0.610. The lowest BCUT2D eigenvalue weighted by Gasteiger charge is -2.38. The summed E-state index contributed by atoms with van der Waals surface area (Å²) in [5.74, 6) is -0.147. The summed E-state index contributed by atoms with van der Waals surface area (Å²) in [6, 6.07) is 0. The summed E-state index contributed by atoms with van der Waals surface area (Å²) < 4.78 is 0. The highest BCUT2D eigenvalue weighted by Gasteiger charge is 2.35. The highest BCUT2D eigenvalue weighted by atomic mass is 16.3. The molecule has 4 nitrogen and oxygen atoms in total. The minimum absolute atomic E-state index is 0.0103. The van der Waals surface area contributed by atoms with Gasteiger partial charge in [-0.05, 0) is 34.1 Å². The molecule has 0 heterocycles. The van der Waals surface area contributed by atoms with Crippen LogP contribution >= 0.6 is 0 Å². The molecule has 0 saturated carbocycles. The van der Waals surface area contributed by atoms with Gasteiger partial charge in [0.05, 0.1) is 11.1 Å². The van der Waals surface area contributed by atoms with Crippen molar-refractivity contribution >= 4 is 5.91 Å². The smallest absolute Gasteiger partial charge is 0.220 e. The third-order valence-corrected chi connectivity index (χ3v) is 2.54. The van der Waals surface area contributed by atoms with Gasteiger partial charge in [-0.15, -0.1) is 0 Å². The van der Waals surface area contributed by atoms with Crippen LogP contribution in [0.1, 0.15) is 40.5 Å². The summed E-state index contributed by atoms with van der Waals surface area (Å²) in [6.45, 7) is 6.85. The Kier molecular flexibility index (Phi) is 4.55. The van der Waals surface area contributed by atoms with E-state index in [1.807, 2.05) is 0 Å². The number of nitrogens with one attached hydrogen (secondary N) is 1. The Morgan fingerprint density at radius 3 is 2.14 bits per heavy atom. The molecule has 0 bridgehead atoms. The number of hydrogen-bond acceptors (Lipinski definition) is 3. The van der Waals surface area contributed by atoms with Crippen LogP contribution in [0.2, 0.25) is 0 Å². The van der Waals surface area contributed by atoms with Crippen molar-refractivity contribution in [3.8, 4) is 0 Å². The van der Waals surface area contributed by atoms with Crippen LogP contribution in [0.5, 0.6) is 0 Å². The Morgan fingerprint density at radius 1 is 1.29 bits per heavy atom. The lowest BCUT2D eigenvalue weighted by molar-refractivity contribution is -0.126. The van der Waals surface area contributed by atoms with Gasteiger partial charge in [0.25, 0.3) is 0 Å². The summed E-state index contributed by atoms with van der Waals surface area (Å²) in [4.78, 5) is 11.3. The van der Waals surface area contributed by atoms with Gasteiger partial charge in [0.15, 0.2) is 0 Å². The standard InChI is InChI=1S/C10H21NO3/c1-9(2,10(3,4)14)11-8(13)6-5-7-12/h12,14H,5-7H2,1-4H3,(H,11,13). The van der Waals surface area contributed by atoms with Crippen LogP contribution in [-0.2, 0) is 4.79 Å². The maximum Gasteiger partial charge on any atom is 0.220 e. The zero-order valence-electron chi connectivity index (χ0n) is 9.42. The first kappa shape index (κ1) is 13.4. The molecule has 1 amide bonds. The highest BCUT2D eigenvalue weighted by Crippen LogP contribution is 2.20. The van der Waals surface area contributed by atoms with Gasteiger partial charge in [-0.1, -0.05) is 0 Å².